The maximum absolute atomic E-state index is 12.9. The smallest absolute Gasteiger partial charge is 0.419 e. The molecule has 8 heteroatoms. The molecule has 1 amide bonds. The first kappa shape index (κ1) is 18.9. The van der Waals surface area contributed by atoms with Crippen LogP contribution in [0.15, 0.2) is 42.5 Å². The molecule has 0 spiro atoms. The van der Waals surface area contributed by atoms with E-state index in [9.17, 15) is 18.0 Å². The van der Waals surface area contributed by atoms with Crippen LogP contribution in [-0.2, 0) is 11.0 Å². The Hall–Kier alpha value is -2.41. The fraction of sp³-hybridized carbons (Fsp3) is 0.235. The van der Waals surface area contributed by atoms with Gasteiger partial charge in [-0.2, -0.15) is 13.2 Å². The number of alkyl halides is 3. The lowest BCUT2D eigenvalue weighted by Gasteiger charge is -2.16. The van der Waals surface area contributed by atoms with Crippen LogP contribution in [0.25, 0.3) is 0 Å². The molecular formula is C17H16ClF3N2O2. The molecule has 1 N–H and O–H groups in total. The van der Waals surface area contributed by atoms with E-state index in [2.05, 4.69) is 5.32 Å². The van der Waals surface area contributed by atoms with Gasteiger partial charge in [-0.25, -0.2) is 0 Å². The highest BCUT2D eigenvalue weighted by atomic mass is 35.5. The standard InChI is InChI=1S/C17H16ClF3N2O2/c1-23(2)14-8-7-11(9-13(14)18)22-16(24)10-25-15-6-4-3-5-12(15)17(19,20)21/h3-9H,10H2,1-2H3,(H,22,24). The van der Waals surface area contributed by atoms with Crippen LogP contribution in [0.5, 0.6) is 5.75 Å². The van der Waals surface area contributed by atoms with E-state index < -0.39 is 30.0 Å². The second-order valence-electron chi connectivity index (χ2n) is 5.39. The number of amides is 1. The summed E-state index contributed by atoms with van der Waals surface area (Å²) in [5.41, 5.74) is 0.268. The molecule has 0 aromatic heterocycles. The summed E-state index contributed by atoms with van der Waals surface area (Å²) in [6.45, 7) is -0.555. The van der Waals surface area contributed by atoms with Crippen molar-refractivity contribution in [1.29, 1.82) is 0 Å². The summed E-state index contributed by atoms with van der Waals surface area (Å²) in [5.74, 6) is -0.989. The molecule has 2 aromatic rings. The van der Waals surface area contributed by atoms with E-state index in [-0.39, 0.29) is 0 Å². The molecule has 0 bridgehead atoms. The van der Waals surface area contributed by atoms with E-state index in [0.29, 0.717) is 10.7 Å². The minimum absolute atomic E-state index is 0.397. The Bertz CT molecular complexity index is 764. The molecular weight excluding hydrogens is 357 g/mol. The lowest BCUT2D eigenvalue weighted by atomic mass is 10.2. The average Bonchev–Trinajstić information content (AvgIpc) is 2.52. The third-order valence-electron chi connectivity index (χ3n) is 3.26. The van der Waals surface area contributed by atoms with Crippen LogP contribution in [0.3, 0.4) is 0 Å². The number of carbonyl (C=O) groups is 1. The van der Waals surface area contributed by atoms with Gasteiger partial charge >= 0.3 is 6.18 Å². The Balaban J connectivity index is 2.02. The van der Waals surface area contributed by atoms with Gasteiger partial charge in [0.25, 0.3) is 5.91 Å². The van der Waals surface area contributed by atoms with E-state index in [1.807, 2.05) is 19.0 Å². The number of ether oxygens (including phenoxy) is 1. The minimum atomic E-state index is -4.55. The first-order valence-corrected chi connectivity index (χ1v) is 7.62. The third kappa shape index (κ3) is 5.03. The van der Waals surface area contributed by atoms with Gasteiger partial charge in [0.05, 0.1) is 16.3 Å². The Morgan fingerprint density at radius 3 is 2.48 bits per heavy atom. The molecule has 0 saturated heterocycles. The first-order valence-electron chi connectivity index (χ1n) is 7.24. The van der Waals surface area contributed by atoms with Gasteiger partial charge in [-0.05, 0) is 30.3 Å². The summed E-state index contributed by atoms with van der Waals surface area (Å²) in [4.78, 5) is 13.7. The number of anilines is 2. The quantitative estimate of drug-likeness (QED) is 0.843. The number of benzene rings is 2. The molecule has 134 valence electrons. The molecule has 0 atom stereocenters. The van der Waals surface area contributed by atoms with Gasteiger partial charge < -0.3 is 15.0 Å². The predicted octanol–water partition coefficient (Wildman–Crippen LogP) is 4.44. The summed E-state index contributed by atoms with van der Waals surface area (Å²) >= 11 is 6.10. The Morgan fingerprint density at radius 2 is 1.88 bits per heavy atom. The molecule has 0 aliphatic rings. The molecule has 0 aliphatic heterocycles. The lowest BCUT2D eigenvalue weighted by molar-refractivity contribution is -0.139. The van der Waals surface area contributed by atoms with E-state index in [1.165, 1.54) is 18.2 Å². The minimum Gasteiger partial charge on any atom is -0.483 e. The zero-order chi connectivity index (χ0) is 18.6. The van der Waals surface area contributed by atoms with Crippen molar-refractivity contribution >= 4 is 28.9 Å². The summed E-state index contributed by atoms with van der Waals surface area (Å²) < 4.78 is 43.6. The topological polar surface area (TPSA) is 41.6 Å². The number of halogens is 4. The molecule has 2 aromatic carbocycles. The SMILES string of the molecule is CN(C)c1ccc(NC(=O)COc2ccccc2C(F)(F)F)cc1Cl. The molecule has 0 fully saturated rings. The van der Waals surface area contributed by atoms with E-state index >= 15 is 0 Å². The van der Waals surface area contributed by atoms with Gasteiger partial charge in [0, 0.05) is 19.8 Å². The number of hydrogen-bond acceptors (Lipinski definition) is 3. The molecule has 0 aliphatic carbocycles. The van der Waals surface area contributed by atoms with Crippen LogP contribution >= 0.6 is 11.6 Å². The van der Waals surface area contributed by atoms with E-state index in [1.54, 1.807) is 18.2 Å². The van der Waals surface area contributed by atoms with Crippen molar-refractivity contribution in [3.8, 4) is 5.75 Å². The lowest BCUT2D eigenvalue weighted by Crippen LogP contribution is -2.21. The number of nitrogens with zero attached hydrogens (tertiary/aromatic N) is 1. The Morgan fingerprint density at radius 1 is 1.20 bits per heavy atom. The Labute approximate surface area is 148 Å². The molecule has 0 unspecified atom stereocenters. The van der Waals surface area contributed by atoms with Crippen LogP contribution in [0.2, 0.25) is 5.02 Å². The molecule has 0 saturated carbocycles. The summed E-state index contributed by atoms with van der Waals surface area (Å²) in [5, 5.41) is 2.97. The van der Waals surface area contributed by atoms with Gasteiger partial charge in [0.1, 0.15) is 5.75 Å². The monoisotopic (exact) mass is 372 g/mol. The second-order valence-corrected chi connectivity index (χ2v) is 5.80. The van der Waals surface area contributed by atoms with Crippen molar-refractivity contribution < 1.29 is 22.7 Å². The number of hydrogen-bond donors (Lipinski definition) is 1. The zero-order valence-corrected chi connectivity index (χ0v) is 14.3. The van der Waals surface area contributed by atoms with Crippen molar-refractivity contribution in [1.82, 2.24) is 0 Å². The van der Waals surface area contributed by atoms with Crippen LogP contribution in [-0.4, -0.2) is 26.6 Å². The fourth-order valence-electron chi connectivity index (χ4n) is 2.11. The van der Waals surface area contributed by atoms with E-state index in [0.717, 1.165) is 11.8 Å². The normalized spacial score (nSPS) is 11.1. The van der Waals surface area contributed by atoms with E-state index in [4.69, 9.17) is 16.3 Å². The van der Waals surface area contributed by atoms with Crippen molar-refractivity contribution in [2.24, 2.45) is 0 Å². The summed E-state index contributed by atoms with van der Waals surface area (Å²) in [7, 11) is 3.65. The number of nitrogens with one attached hydrogen (secondary N) is 1. The van der Waals surface area contributed by atoms with Crippen LogP contribution in [0.1, 0.15) is 5.56 Å². The fourth-order valence-corrected chi connectivity index (χ4v) is 2.46. The van der Waals surface area contributed by atoms with Gasteiger partial charge in [-0.3, -0.25) is 4.79 Å². The van der Waals surface area contributed by atoms with Crippen molar-refractivity contribution in [3.05, 3.63) is 53.1 Å². The highest BCUT2D eigenvalue weighted by molar-refractivity contribution is 6.33. The van der Waals surface area contributed by atoms with Crippen molar-refractivity contribution in [3.63, 3.8) is 0 Å². The maximum Gasteiger partial charge on any atom is 0.419 e. The maximum atomic E-state index is 12.9. The molecule has 4 nitrogen and oxygen atoms in total. The average molecular weight is 373 g/mol. The third-order valence-corrected chi connectivity index (χ3v) is 3.57. The number of para-hydroxylation sites is 1. The molecule has 0 radical (unpaired) electrons. The predicted molar refractivity (Wildman–Crippen MR) is 91.3 cm³/mol. The first-order chi connectivity index (χ1) is 11.7. The molecule has 25 heavy (non-hydrogen) atoms. The van der Waals surface area contributed by atoms with Gasteiger partial charge in [0.2, 0.25) is 0 Å². The summed E-state index contributed by atoms with van der Waals surface area (Å²) in [6, 6.07) is 9.64. The van der Waals surface area contributed by atoms with Gasteiger partial charge in [0.15, 0.2) is 6.61 Å². The second kappa shape index (κ2) is 7.65. The van der Waals surface area contributed by atoms with Crippen LogP contribution < -0.4 is 15.0 Å². The molecule has 0 heterocycles. The van der Waals surface area contributed by atoms with Crippen LogP contribution in [0, 0.1) is 0 Å². The molecule has 2 rings (SSSR count). The Kier molecular flexibility index (Phi) is 5.79. The van der Waals surface area contributed by atoms with Gasteiger partial charge in [-0.1, -0.05) is 23.7 Å². The number of carbonyl (C=O) groups excluding carboxylic acids is 1. The van der Waals surface area contributed by atoms with Crippen molar-refractivity contribution in [2.75, 3.05) is 30.9 Å². The van der Waals surface area contributed by atoms with Gasteiger partial charge in [-0.15, -0.1) is 0 Å². The largest absolute Gasteiger partial charge is 0.483 e. The van der Waals surface area contributed by atoms with Crippen molar-refractivity contribution in [2.45, 2.75) is 6.18 Å². The number of rotatable bonds is 5. The highest BCUT2D eigenvalue weighted by Crippen LogP contribution is 2.35. The van der Waals surface area contributed by atoms with Crippen LogP contribution in [0.4, 0.5) is 24.5 Å². The zero-order valence-electron chi connectivity index (χ0n) is 13.5. The summed E-state index contributed by atoms with van der Waals surface area (Å²) in [6.07, 6.45) is -4.55. The highest BCUT2D eigenvalue weighted by Gasteiger charge is 2.34.